The lowest BCUT2D eigenvalue weighted by atomic mass is 9.98. The number of fused-ring (bicyclic) bond motifs is 1. The van der Waals surface area contributed by atoms with Gasteiger partial charge in [-0.15, -0.1) is 0 Å². The molecule has 2 rings (SSSR count). The molecule has 0 saturated carbocycles. The SMILES string of the molecule is FC(F)(F)CCNCCC1CNc2ccccc21. The molecule has 1 aromatic rings. The number of benzene rings is 1. The smallest absolute Gasteiger partial charge is 0.384 e. The molecule has 1 heterocycles. The lowest BCUT2D eigenvalue weighted by molar-refractivity contribution is -0.133. The monoisotopic (exact) mass is 258 g/mol. The fraction of sp³-hybridized carbons (Fsp3) is 0.538. The van der Waals surface area contributed by atoms with Crippen LogP contribution in [-0.4, -0.2) is 25.8 Å². The Morgan fingerprint density at radius 3 is 2.78 bits per heavy atom. The number of para-hydroxylation sites is 1. The summed E-state index contributed by atoms with van der Waals surface area (Å²) in [7, 11) is 0. The summed E-state index contributed by atoms with van der Waals surface area (Å²) in [5.74, 6) is 0.402. The fourth-order valence-corrected chi connectivity index (χ4v) is 2.25. The Kier molecular flexibility index (Phi) is 4.11. The molecule has 0 bridgehead atoms. The number of rotatable bonds is 5. The van der Waals surface area contributed by atoms with Crippen molar-refractivity contribution in [3.8, 4) is 0 Å². The van der Waals surface area contributed by atoms with Gasteiger partial charge in [-0.1, -0.05) is 18.2 Å². The highest BCUT2D eigenvalue weighted by Gasteiger charge is 2.26. The predicted molar refractivity (Wildman–Crippen MR) is 65.8 cm³/mol. The number of anilines is 1. The van der Waals surface area contributed by atoms with Crippen LogP contribution in [0.25, 0.3) is 0 Å². The summed E-state index contributed by atoms with van der Waals surface area (Å²) in [4.78, 5) is 0. The van der Waals surface area contributed by atoms with Crippen molar-refractivity contribution >= 4 is 5.69 Å². The third kappa shape index (κ3) is 3.63. The fourth-order valence-electron chi connectivity index (χ4n) is 2.25. The molecule has 5 heteroatoms. The van der Waals surface area contributed by atoms with Crippen molar-refractivity contribution in [3.05, 3.63) is 29.8 Å². The van der Waals surface area contributed by atoms with Crippen LogP contribution in [0.5, 0.6) is 0 Å². The summed E-state index contributed by atoms with van der Waals surface area (Å²) in [6, 6.07) is 8.09. The molecule has 2 nitrogen and oxygen atoms in total. The Morgan fingerprint density at radius 1 is 1.22 bits per heavy atom. The molecule has 1 aliphatic rings. The zero-order valence-corrected chi connectivity index (χ0v) is 10.1. The van der Waals surface area contributed by atoms with E-state index < -0.39 is 12.6 Å². The maximum absolute atomic E-state index is 11.9. The first-order chi connectivity index (χ1) is 8.56. The van der Waals surface area contributed by atoms with Gasteiger partial charge < -0.3 is 10.6 Å². The number of nitrogens with one attached hydrogen (secondary N) is 2. The maximum Gasteiger partial charge on any atom is 0.390 e. The number of halogens is 3. The normalized spacial score (nSPS) is 18.5. The average Bonchev–Trinajstić information content (AvgIpc) is 2.71. The minimum Gasteiger partial charge on any atom is -0.384 e. The van der Waals surface area contributed by atoms with Crippen molar-refractivity contribution in [3.63, 3.8) is 0 Å². The summed E-state index contributed by atoms with van der Waals surface area (Å²) in [6.45, 7) is 1.50. The number of hydrogen-bond donors (Lipinski definition) is 2. The van der Waals surface area contributed by atoms with E-state index in [1.165, 1.54) is 5.56 Å². The van der Waals surface area contributed by atoms with Crippen molar-refractivity contribution in [2.24, 2.45) is 0 Å². The lowest BCUT2D eigenvalue weighted by Gasteiger charge is -2.11. The summed E-state index contributed by atoms with van der Waals surface area (Å²) in [5, 5.41) is 6.16. The molecule has 0 aromatic heterocycles. The predicted octanol–water partition coefficient (Wildman–Crippen LogP) is 3.13. The maximum atomic E-state index is 11.9. The van der Waals surface area contributed by atoms with Gasteiger partial charge in [0.25, 0.3) is 0 Å². The molecule has 0 spiro atoms. The van der Waals surface area contributed by atoms with Gasteiger partial charge in [0, 0.05) is 24.7 Å². The molecular formula is C13H17F3N2. The molecule has 1 atom stereocenters. The minimum atomic E-state index is -4.06. The Bertz CT molecular complexity index is 390. The summed E-state index contributed by atoms with van der Waals surface area (Å²) >= 11 is 0. The first-order valence-corrected chi connectivity index (χ1v) is 6.16. The Balaban J connectivity index is 1.70. The van der Waals surface area contributed by atoms with Crippen molar-refractivity contribution < 1.29 is 13.2 Å². The van der Waals surface area contributed by atoms with Crippen LogP contribution in [0.2, 0.25) is 0 Å². The van der Waals surface area contributed by atoms with Gasteiger partial charge in [0.15, 0.2) is 0 Å². The van der Waals surface area contributed by atoms with Gasteiger partial charge in [-0.2, -0.15) is 13.2 Å². The third-order valence-corrected chi connectivity index (χ3v) is 3.19. The molecule has 0 saturated heterocycles. The molecule has 0 radical (unpaired) electrons. The highest BCUT2D eigenvalue weighted by molar-refractivity contribution is 5.57. The van der Waals surface area contributed by atoms with E-state index in [1.54, 1.807) is 0 Å². The summed E-state index contributed by atoms with van der Waals surface area (Å²) in [5.41, 5.74) is 2.42. The van der Waals surface area contributed by atoms with Crippen molar-refractivity contribution in [2.45, 2.75) is 24.9 Å². The molecule has 100 valence electrons. The largest absolute Gasteiger partial charge is 0.390 e. The van der Waals surface area contributed by atoms with Crippen LogP contribution in [0.1, 0.15) is 24.3 Å². The standard InChI is InChI=1S/C13H17F3N2/c14-13(15,16)6-8-17-7-5-10-9-18-12-4-2-1-3-11(10)12/h1-4,10,17-18H,5-9H2. The first-order valence-electron chi connectivity index (χ1n) is 6.16. The quantitative estimate of drug-likeness (QED) is 0.793. The molecular weight excluding hydrogens is 241 g/mol. The lowest BCUT2D eigenvalue weighted by Crippen LogP contribution is -2.24. The van der Waals surface area contributed by atoms with Crippen LogP contribution >= 0.6 is 0 Å². The first kappa shape index (κ1) is 13.2. The summed E-state index contributed by atoms with van der Waals surface area (Å²) in [6.07, 6.45) is -3.96. The van der Waals surface area contributed by atoms with E-state index in [4.69, 9.17) is 0 Å². The van der Waals surface area contributed by atoms with Crippen molar-refractivity contribution in [2.75, 3.05) is 25.0 Å². The van der Waals surface area contributed by atoms with Gasteiger partial charge in [0.2, 0.25) is 0 Å². The van der Waals surface area contributed by atoms with Gasteiger partial charge in [0.05, 0.1) is 6.42 Å². The minimum absolute atomic E-state index is 0.00525. The highest BCUT2D eigenvalue weighted by Crippen LogP contribution is 2.32. The van der Waals surface area contributed by atoms with Gasteiger partial charge in [0.1, 0.15) is 0 Å². The molecule has 0 amide bonds. The second-order valence-electron chi connectivity index (χ2n) is 4.57. The van der Waals surface area contributed by atoms with Gasteiger partial charge in [-0.3, -0.25) is 0 Å². The average molecular weight is 258 g/mol. The third-order valence-electron chi connectivity index (χ3n) is 3.19. The van der Waals surface area contributed by atoms with Crippen LogP contribution in [0.4, 0.5) is 18.9 Å². The Labute approximate surface area is 105 Å². The van der Waals surface area contributed by atoms with E-state index in [9.17, 15) is 13.2 Å². The van der Waals surface area contributed by atoms with Crippen molar-refractivity contribution in [1.29, 1.82) is 0 Å². The zero-order chi connectivity index (χ0) is 13.0. The molecule has 2 N–H and O–H groups in total. The van der Waals surface area contributed by atoms with Gasteiger partial charge >= 0.3 is 6.18 Å². The zero-order valence-electron chi connectivity index (χ0n) is 10.1. The molecule has 1 aromatic carbocycles. The second kappa shape index (κ2) is 5.61. The van der Waals surface area contributed by atoms with E-state index >= 15 is 0 Å². The van der Waals surface area contributed by atoms with E-state index in [1.807, 2.05) is 18.2 Å². The Hall–Kier alpha value is -1.23. The Morgan fingerprint density at radius 2 is 2.00 bits per heavy atom. The van der Waals surface area contributed by atoms with Crippen LogP contribution in [0, 0.1) is 0 Å². The molecule has 1 unspecified atom stereocenters. The van der Waals surface area contributed by atoms with E-state index in [0.29, 0.717) is 12.5 Å². The van der Waals surface area contributed by atoms with Crippen LogP contribution in [-0.2, 0) is 0 Å². The summed E-state index contributed by atoms with van der Waals surface area (Å²) < 4.78 is 35.8. The van der Waals surface area contributed by atoms with Crippen LogP contribution < -0.4 is 10.6 Å². The van der Waals surface area contributed by atoms with Crippen LogP contribution in [0.3, 0.4) is 0 Å². The van der Waals surface area contributed by atoms with Crippen LogP contribution in [0.15, 0.2) is 24.3 Å². The van der Waals surface area contributed by atoms with E-state index in [-0.39, 0.29) is 6.54 Å². The van der Waals surface area contributed by atoms with Gasteiger partial charge in [-0.05, 0) is 24.6 Å². The number of alkyl halides is 3. The molecule has 0 aliphatic carbocycles. The topological polar surface area (TPSA) is 24.1 Å². The second-order valence-corrected chi connectivity index (χ2v) is 4.57. The number of hydrogen-bond acceptors (Lipinski definition) is 2. The van der Waals surface area contributed by atoms with Crippen molar-refractivity contribution in [1.82, 2.24) is 5.32 Å². The molecule has 0 fully saturated rings. The highest BCUT2D eigenvalue weighted by atomic mass is 19.4. The van der Waals surface area contributed by atoms with Gasteiger partial charge in [-0.25, -0.2) is 0 Å². The molecule has 1 aliphatic heterocycles. The van der Waals surface area contributed by atoms with E-state index in [2.05, 4.69) is 16.7 Å². The molecule has 18 heavy (non-hydrogen) atoms. The van der Waals surface area contributed by atoms with E-state index in [0.717, 1.165) is 18.7 Å².